The van der Waals surface area contributed by atoms with Crippen LogP contribution in [0.1, 0.15) is 29.5 Å². The first-order valence-electron chi connectivity index (χ1n) is 9.89. The zero-order valence-corrected chi connectivity index (χ0v) is 17.6. The fourth-order valence-electron chi connectivity index (χ4n) is 4.95. The molecule has 33 heavy (non-hydrogen) atoms. The molecule has 180 valence electrons. The van der Waals surface area contributed by atoms with Gasteiger partial charge in [-0.1, -0.05) is 18.2 Å². The lowest BCUT2D eigenvalue weighted by Crippen LogP contribution is -2.54. The highest BCUT2D eigenvalue weighted by atomic mass is 32.2. The van der Waals surface area contributed by atoms with Gasteiger partial charge in [-0.15, -0.1) is 0 Å². The van der Waals surface area contributed by atoms with Crippen LogP contribution in [0.15, 0.2) is 47.4 Å². The first-order chi connectivity index (χ1) is 15.2. The zero-order chi connectivity index (χ0) is 24.4. The second-order valence-electron chi connectivity index (χ2n) is 8.22. The van der Waals surface area contributed by atoms with Crippen molar-refractivity contribution in [3.8, 4) is 0 Å². The Kier molecular flexibility index (Phi) is 5.38. The molecule has 2 aromatic carbocycles. The van der Waals surface area contributed by atoms with Crippen molar-refractivity contribution in [3.63, 3.8) is 0 Å². The van der Waals surface area contributed by atoms with E-state index in [1.165, 1.54) is 0 Å². The summed E-state index contributed by atoms with van der Waals surface area (Å²) in [4.78, 5) is -0.211. The number of hydrogen-bond donors (Lipinski definition) is 2. The van der Waals surface area contributed by atoms with Crippen LogP contribution in [-0.2, 0) is 26.6 Å². The molecule has 1 heterocycles. The number of aryl methyl sites for hydroxylation is 1. The molecule has 1 aliphatic carbocycles. The fraction of sp³-hybridized carbons (Fsp3) is 0.429. The molecular formula is C21H18F7NO3S. The molecule has 1 aliphatic heterocycles. The molecule has 0 aromatic heterocycles. The van der Waals surface area contributed by atoms with Gasteiger partial charge >= 0.3 is 12.4 Å². The van der Waals surface area contributed by atoms with Gasteiger partial charge in [0.1, 0.15) is 10.6 Å². The number of halogens is 7. The summed E-state index contributed by atoms with van der Waals surface area (Å²) in [5.41, 5.74) is -6.49. The highest BCUT2D eigenvalue weighted by molar-refractivity contribution is 7.92. The molecule has 12 heteroatoms. The maximum atomic E-state index is 13.7. The molecule has 1 fully saturated rings. The number of benzene rings is 2. The Morgan fingerprint density at radius 2 is 1.58 bits per heavy atom. The van der Waals surface area contributed by atoms with E-state index in [1.54, 1.807) is 0 Å². The zero-order valence-electron chi connectivity index (χ0n) is 16.8. The number of sulfone groups is 1. The van der Waals surface area contributed by atoms with Crippen LogP contribution >= 0.6 is 0 Å². The van der Waals surface area contributed by atoms with Crippen molar-refractivity contribution in [2.24, 2.45) is 0 Å². The van der Waals surface area contributed by atoms with Crippen molar-refractivity contribution in [1.82, 2.24) is 5.32 Å². The first-order valence-corrected chi connectivity index (χ1v) is 11.4. The third kappa shape index (κ3) is 3.28. The topological polar surface area (TPSA) is 66.4 Å². The molecule has 4 nitrogen and oxygen atoms in total. The van der Waals surface area contributed by atoms with E-state index in [4.69, 9.17) is 0 Å². The van der Waals surface area contributed by atoms with E-state index >= 15 is 0 Å². The smallest absolute Gasteiger partial charge is 0.369 e. The quantitative estimate of drug-likeness (QED) is 0.495. The van der Waals surface area contributed by atoms with E-state index in [1.807, 2.05) is 0 Å². The van der Waals surface area contributed by atoms with Crippen molar-refractivity contribution >= 4 is 9.84 Å². The molecule has 2 N–H and O–H groups in total. The molecule has 2 atom stereocenters. The number of aliphatic hydroxyl groups is 1. The van der Waals surface area contributed by atoms with Gasteiger partial charge in [0.25, 0.3) is 5.60 Å². The van der Waals surface area contributed by atoms with Gasteiger partial charge in [0, 0.05) is 11.6 Å². The lowest BCUT2D eigenvalue weighted by molar-refractivity contribution is -0.376. The predicted molar refractivity (Wildman–Crippen MR) is 102 cm³/mol. The van der Waals surface area contributed by atoms with Crippen LogP contribution in [0.2, 0.25) is 0 Å². The Morgan fingerprint density at radius 3 is 2.15 bits per heavy atom. The van der Waals surface area contributed by atoms with Crippen molar-refractivity contribution < 1.29 is 44.3 Å². The van der Waals surface area contributed by atoms with Crippen LogP contribution in [0.3, 0.4) is 0 Å². The van der Waals surface area contributed by atoms with Gasteiger partial charge in [0.05, 0.1) is 4.90 Å². The summed E-state index contributed by atoms with van der Waals surface area (Å²) in [7, 11) is -4.23. The molecule has 0 spiro atoms. The Morgan fingerprint density at radius 1 is 0.970 bits per heavy atom. The third-order valence-electron chi connectivity index (χ3n) is 6.56. The van der Waals surface area contributed by atoms with Gasteiger partial charge in [0.2, 0.25) is 0 Å². The van der Waals surface area contributed by atoms with Crippen molar-refractivity contribution in [3.05, 3.63) is 65.0 Å². The van der Waals surface area contributed by atoms with E-state index in [2.05, 4.69) is 5.32 Å². The molecule has 0 unspecified atom stereocenters. The molecule has 4 rings (SSSR count). The molecule has 1 saturated heterocycles. The number of hydrogen-bond acceptors (Lipinski definition) is 4. The Balaban J connectivity index is 1.92. The Labute approximate surface area is 184 Å². The summed E-state index contributed by atoms with van der Waals surface area (Å²) in [6, 6.07) is 5.41. The largest absolute Gasteiger partial charge is 0.430 e. The van der Waals surface area contributed by atoms with Gasteiger partial charge in [-0.25, -0.2) is 12.8 Å². The average molecular weight is 497 g/mol. The Bertz CT molecular complexity index is 1160. The van der Waals surface area contributed by atoms with Crippen molar-refractivity contribution in [2.75, 3.05) is 6.54 Å². The van der Waals surface area contributed by atoms with Gasteiger partial charge < -0.3 is 10.4 Å². The minimum atomic E-state index is -6.05. The first kappa shape index (κ1) is 24.0. The van der Waals surface area contributed by atoms with Crippen LogP contribution in [0.25, 0.3) is 0 Å². The molecule has 0 bridgehead atoms. The monoisotopic (exact) mass is 497 g/mol. The van der Waals surface area contributed by atoms with Crippen LogP contribution in [-0.4, -0.2) is 38.5 Å². The van der Waals surface area contributed by atoms with E-state index in [9.17, 15) is 44.3 Å². The molecular weight excluding hydrogens is 479 g/mol. The van der Waals surface area contributed by atoms with Gasteiger partial charge in [-0.2, -0.15) is 26.3 Å². The summed E-state index contributed by atoms with van der Waals surface area (Å²) >= 11 is 0. The molecule has 2 aromatic rings. The normalized spacial score (nSPS) is 23.8. The van der Waals surface area contributed by atoms with Gasteiger partial charge in [-0.3, -0.25) is 0 Å². The van der Waals surface area contributed by atoms with E-state index in [0.717, 1.165) is 30.3 Å². The highest BCUT2D eigenvalue weighted by Crippen LogP contribution is 2.53. The minimum Gasteiger partial charge on any atom is -0.369 e. The third-order valence-corrected chi connectivity index (χ3v) is 9.12. The lowest BCUT2D eigenvalue weighted by Gasteiger charge is -2.41. The molecule has 2 aliphatic rings. The predicted octanol–water partition coefficient (Wildman–Crippen LogP) is 4.12. The van der Waals surface area contributed by atoms with Crippen LogP contribution in [0.4, 0.5) is 30.7 Å². The van der Waals surface area contributed by atoms with Crippen molar-refractivity contribution in [1.29, 1.82) is 0 Å². The molecule has 0 amide bonds. The van der Waals surface area contributed by atoms with Crippen LogP contribution in [0.5, 0.6) is 0 Å². The second-order valence-corrected chi connectivity index (χ2v) is 10.4. The highest BCUT2D eigenvalue weighted by Gasteiger charge is 2.71. The number of rotatable bonds is 3. The summed E-state index contributed by atoms with van der Waals surface area (Å²) in [5, 5.41) is 12.8. The molecule has 0 saturated carbocycles. The van der Waals surface area contributed by atoms with Gasteiger partial charge in [-0.05, 0) is 61.2 Å². The summed E-state index contributed by atoms with van der Waals surface area (Å²) in [5.74, 6) is -0.667. The summed E-state index contributed by atoms with van der Waals surface area (Å²) in [6.07, 6.45) is -11.9. The Hall–Kier alpha value is -2.18. The maximum absolute atomic E-state index is 13.7. The number of fused-ring (bicyclic) bond motifs is 3. The summed E-state index contributed by atoms with van der Waals surface area (Å²) < 4.78 is 119. The average Bonchev–Trinajstić information content (AvgIpc) is 3.17. The number of alkyl halides is 6. The second kappa shape index (κ2) is 7.41. The molecule has 0 radical (unpaired) electrons. The van der Waals surface area contributed by atoms with Crippen molar-refractivity contribution in [2.45, 2.75) is 52.9 Å². The maximum Gasteiger partial charge on any atom is 0.430 e. The lowest BCUT2D eigenvalue weighted by atomic mass is 9.77. The fourth-order valence-corrected chi connectivity index (χ4v) is 7.30. The van der Waals surface area contributed by atoms with Crippen LogP contribution < -0.4 is 5.32 Å². The SMILES string of the molecule is O=S(=O)(c1ccc(F)cc1)[C@@]12CCN[C@@H]1CCc1cc(C(O)(C(F)(F)F)C(F)(F)F)ccc12. The summed E-state index contributed by atoms with van der Waals surface area (Å²) in [6.45, 7) is 0.251. The van der Waals surface area contributed by atoms with E-state index in [0.29, 0.717) is 12.1 Å². The minimum absolute atomic E-state index is 0.00726. The van der Waals surface area contributed by atoms with Gasteiger partial charge in [0.15, 0.2) is 9.84 Å². The standard InChI is InChI=1S/C21H18F7NO3S/c22-14-3-5-15(6-4-14)33(31,32)18-9-10-29-17(18)8-1-12-11-13(2-7-16(12)18)19(30,20(23,24)25)21(26,27)28/h2-7,11,17,29-30H,1,8-10H2/t17-,18-/m1/s1. The van der Waals surface area contributed by atoms with E-state index in [-0.39, 0.29) is 41.8 Å². The van der Waals surface area contributed by atoms with Crippen LogP contribution in [0, 0.1) is 5.82 Å². The van der Waals surface area contributed by atoms with E-state index < -0.39 is 50.0 Å². The number of nitrogens with one attached hydrogen (secondary N) is 1.